The van der Waals surface area contributed by atoms with Gasteiger partial charge >= 0.3 is 6.03 Å². The van der Waals surface area contributed by atoms with E-state index in [1.54, 1.807) is 0 Å². The third kappa shape index (κ3) is 3.74. The zero-order valence-corrected chi connectivity index (χ0v) is 10.4. The molecule has 2 amide bonds. The van der Waals surface area contributed by atoms with Gasteiger partial charge in [0.2, 0.25) is 11.2 Å². The van der Waals surface area contributed by atoms with Crippen molar-refractivity contribution < 1.29 is 4.79 Å². The SMILES string of the molecule is NC(=O)NCCNc1nc(Cl)nc(-n2cncn2)n1. The summed E-state index contributed by atoms with van der Waals surface area (Å²) in [6, 6.07) is -0.598. The Morgan fingerprint density at radius 2 is 2.21 bits per heavy atom. The second kappa shape index (κ2) is 5.91. The number of aromatic nitrogens is 6. The summed E-state index contributed by atoms with van der Waals surface area (Å²) in [5.41, 5.74) is 4.93. The predicted molar refractivity (Wildman–Crippen MR) is 65.8 cm³/mol. The van der Waals surface area contributed by atoms with Gasteiger partial charge in [-0.05, 0) is 11.6 Å². The summed E-state index contributed by atoms with van der Waals surface area (Å²) < 4.78 is 1.35. The number of hydrogen-bond donors (Lipinski definition) is 3. The lowest BCUT2D eigenvalue weighted by atomic mass is 10.6. The standard InChI is InChI=1S/C8H10ClN9O/c9-5-15-7(13-2-1-12-6(10)19)17-8(16-5)18-4-11-3-14-18/h3-4H,1-2H2,(H3,10,12,19)(H,13,15,16,17). The number of carbonyl (C=O) groups is 1. The zero-order chi connectivity index (χ0) is 13.7. The molecular formula is C8H10ClN9O. The molecule has 2 rings (SSSR count). The van der Waals surface area contributed by atoms with Crippen LogP contribution in [0.5, 0.6) is 0 Å². The third-order valence-electron chi connectivity index (χ3n) is 1.93. The zero-order valence-electron chi connectivity index (χ0n) is 9.62. The molecule has 0 spiro atoms. The van der Waals surface area contributed by atoms with Crippen molar-refractivity contribution in [2.45, 2.75) is 0 Å². The van der Waals surface area contributed by atoms with Crippen LogP contribution in [-0.4, -0.2) is 48.8 Å². The normalized spacial score (nSPS) is 10.2. The van der Waals surface area contributed by atoms with Crippen molar-refractivity contribution in [1.29, 1.82) is 0 Å². The van der Waals surface area contributed by atoms with Gasteiger partial charge in [-0.3, -0.25) is 0 Å². The van der Waals surface area contributed by atoms with Crippen molar-refractivity contribution in [3.8, 4) is 5.95 Å². The van der Waals surface area contributed by atoms with Crippen LogP contribution < -0.4 is 16.4 Å². The van der Waals surface area contributed by atoms with Crippen LogP contribution in [-0.2, 0) is 0 Å². The molecule has 0 aliphatic carbocycles. The van der Waals surface area contributed by atoms with Crippen LogP contribution in [0.15, 0.2) is 12.7 Å². The fraction of sp³-hybridized carbons (Fsp3) is 0.250. The van der Waals surface area contributed by atoms with Gasteiger partial charge in [0.25, 0.3) is 5.95 Å². The number of anilines is 1. The maximum Gasteiger partial charge on any atom is 0.312 e. The average Bonchev–Trinajstić information content (AvgIpc) is 2.87. The number of amides is 2. The predicted octanol–water partition coefficient (Wildman–Crippen LogP) is -0.814. The van der Waals surface area contributed by atoms with Gasteiger partial charge in [-0.2, -0.15) is 24.7 Å². The molecule has 0 atom stereocenters. The maximum absolute atomic E-state index is 10.5. The average molecular weight is 284 g/mol. The van der Waals surface area contributed by atoms with Crippen molar-refractivity contribution in [2.24, 2.45) is 5.73 Å². The van der Waals surface area contributed by atoms with E-state index in [1.165, 1.54) is 17.3 Å². The monoisotopic (exact) mass is 283 g/mol. The number of carbonyl (C=O) groups excluding carboxylic acids is 1. The molecule has 2 aromatic heterocycles. The minimum absolute atomic E-state index is 0.0193. The van der Waals surface area contributed by atoms with E-state index >= 15 is 0 Å². The van der Waals surface area contributed by atoms with Crippen LogP contribution in [0.25, 0.3) is 5.95 Å². The van der Waals surface area contributed by atoms with Crippen molar-refractivity contribution in [3.63, 3.8) is 0 Å². The summed E-state index contributed by atoms with van der Waals surface area (Å²) in [6.45, 7) is 0.720. The smallest absolute Gasteiger partial charge is 0.312 e. The topological polar surface area (TPSA) is 137 Å². The van der Waals surface area contributed by atoms with Crippen molar-refractivity contribution in [2.75, 3.05) is 18.4 Å². The number of urea groups is 1. The van der Waals surface area contributed by atoms with E-state index in [4.69, 9.17) is 17.3 Å². The van der Waals surface area contributed by atoms with Gasteiger partial charge in [-0.25, -0.2) is 9.78 Å². The Kier molecular flexibility index (Phi) is 4.03. The van der Waals surface area contributed by atoms with Gasteiger partial charge < -0.3 is 16.4 Å². The summed E-state index contributed by atoms with van der Waals surface area (Å²) in [6.07, 6.45) is 2.78. The van der Waals surface area contributed by atoms with E-state index in [0.717, 1.165) is 0 Å². The Labute approximate surface area is 112 Å². The first-order chi connectivity index (χ1) is 9.15. The number of rotatable bonds is 5. The molecular weight excluding hydrogens is 274 g/mol. The number of hydrogen-bond acceptors (Lipinski definition) is 7. The summed E-state index contributed by atoms with van der Waals surface area (Å²) in [4.78, 5) is 26.1. The number of nitrogens with zero attached hydrogens (tertiary/aromatic N) is 6. The van der Waals surface area contributed by atoms with E-state index < -0.39 is 6.03 Å². The second-order valence-corrected chi connectivity index (χ2v) is 3.62. The summed E-state index contributed by atoms with van der Waals surface area (Å²) in [7, 11) is 0. The molecule has 0 aromatic carbocycles. The highest BCUT2D eigenvalue weighted by Crippen LogP contribution is 2.07. The van der Waals surface area contributed by atoms with Gasteiger partial charge in [0.15, 0.2) is 0 Å². The van der Waals surface area contributed by atoms with Crippen molar-refractivity contribution in [3.05, 3.63) is 17.9 Å². The molecule has 0 saturated carbocycles. The number of primary amides is 1. The first kappa shape index (κ1) is 13.0. The van der Waals surface area contributed by atoms with Crippen LogP contribution in [0.2, 0.25) is 5.28 Å². The van der Waals surface area contributed by atoms with Gasteiger partial charge in [0, 0.05) is 13.1 Å². The highest BCUT2D eigenvalue weighted by molar-refractivity contribution is 6.28. The van der Waals surface area contributed by atoms with E-state index in [9.17, 15) is 4.79 Å². The molecule has 2 heterocycles. The molecule has 0 aliphatic rings. The van der Waals surface area contributed by atoms with Crippen LogP contribution in [0.3, 0.4) is 0 Å². The molecule has 2 aromatic rings. The lowest BCUT2D eigenvalue weighted by molar-refractivity contribution is 0.249. The molecule has 0 radical (unpaired) electrons. The molecule has 0 saturated heterocycles. The van der Waals surface area contributed by atoms with E-state index in [0.29, 0.717) is 13.1 Å². The minimum atomic E-state index is -0.598. The highest BCUT2D eigenvalue weighted by atomic mass is 35.5. The third-order valence-corrected chi connectivity index (χ3v) is 2.10. The van der Waals surface area contributed by atoms with Crippen molar-refractivity contribution >= 4 is 23.6 Å². The number of halogens is 1. The Morgan fingerprint density at radius 3 is 2.89 bits per heavy atom. The van der Waals surface area contributed by atoms with E-state index in [1.807, 2.05) is 0 Å². The van der Waals surface area contributed by atoms with Gasteiger partial charge in [0.1, 0.15) is 12.7 Å². The second-order valence-electron chi connectivity index (χ2n) is 3.29. The Bertz CT molecular complexity index is 557. The van der Waals surface area contributed by atoms with Crippen LogP contribution >= 0.6 is 11.6 Å². The fourth-order valence-electron chi connectivity index (χ4n) is 1.19. The first-order valence-corrected chi connectivity index (χ1v) is 5.56. The molecule has 0 fully saturated rings. The maximum atomic E-state index is 10.5. The molecule has 19 heavy (non-hydrogen) atoms. The summed E-state index contributed by atoms with van der Waals surface area (Å²) >= 11 is 5.78. The summed E-state index contributed by atoms with van der Waals surface area (Å²) in [5.74, 6) is 0.500. The first-order valence-electron chi connectivity index (χ1n) is 5.19. The van der Waals surface area contributed by atoms with Gasteiger partial charge in [-0.1, -0.05) is 0 Å². The molecule has 4 N–H and O–H groups in total. The quantitative estimate of drug-likeness (QED) is 0.610. The Hall–Kier alpha value is -2.49. The van der Waals surface area contributed by atoms with Crippen molar-refractivity contribution in [1.82, 2.24) is 35.0 Å². The number of nitrogens with one attached hydrogen (secondary N) is 2. The molecule has 0 bridgehead atoms. The lowest BCUT2D eigenvalue weighted by Crippen LogP contribution is -2.33. The minimum Gasteiger partial charge on any atom is -0.352 e. The molecule has 11 heteroatoms. The van der Waals surface area contributed by atoms with E-state index in [-0.39, 0.29) is 17.2 Å². The Balaban J connectivity index is 2.03. The van der Waals surface area contributed by atoms with Crippen LogP contribution in [0.1, 0.15) is 0 Å². The van der Waals surface area contributed by atoms with E-state index in [2.05, 4.69) is 35.7 Å². The molecule has 0 unspecified atom stereocenters. The largest absolute Gasteiger partial charge is 0.352 e. The molecule has 10 nitrogen and oxygen atoms in total. The highest BCUT2D eigenvalue weighted by Gasteiger charge is 2.07. The molecule has 0 aliphatic heterocycles. The fourth-order valence-corrected chi connectivity index (χ4v) is 1.35. The van der Waals surface area contributed by atoms with Gasteiger partial charge in [-0.15, -0.1) is 0 Å². The van der Waals surface area contributed by atoms with Crippen LogP contribution in [0, 0.1) is 0 Å². The number of nitrogens with two attached hydrogens (primary N) is 1. The van der Waals surface area contributed by atoms with Crippen LogP contribution in [0.4, 0.5) is 10.7 Å². The molecule has 100 valence electrons. The lowest BCUT2D eigenvalue weighted by Gasteiger charge is -2.06. The van der Waals surface area contributed by atoms with Gasteiger partial charge in [0.05, 0.1) is 0 Å². The Morgan fingerprint density at radius 1 is 1.37 bits per heavy atom. The summed E-state index contributed by atoms with van der Waals surface area (Å²) in [5, 5.41) is 9.18.